The zero-order valence-corrected chi connectivity index (χ0v) is 17.8. The fraction of sp³-hybridized carbons (Fsp3) is 0.417. The summed E-state index contributed by atoms with van der Waals surface area (Å²) in [5.74, 6) is 0.0502. The lowest BCUT2D eigenvalue weighted by atomic mass is 9.74. The lowest BCUT2D eigenvalue weighted by Crippen LogP contribution is -2.44. The Morgan fingerprint density at radius 2 is 1.73 bits per heavy atom. The number of ether oxygens (including phenoxy) is 1. The molecule has 4 rings (SSSR count). The first-order valence-corrected chi connectivity index (χ1v) is 11.0. The molecule has 0 atom stereocenters. The van der Waals surface area contributed by atoms with Crippen LogP contribution >= 0.6 is 11.6 Å². The van der Waals surface area contributed by atoms with Gasteiger partial charge < -0.3 is 15.0 Å². The summed E-state index contributed by atoms with van der Waals surface area (Å²) in [5.41, 5.74) is 2.48. The maximum atomic E-state index is 12.8. The average molecular weight is 427 g/mol. The molecular weight excluding hydrogens is 400 g/mol. The molecule has 2 fully saturated rings. The molecule has 0 unspecified atom stereocenters. The van der Waals surface area contributed by atoms with Gasteiger partial charge in [0.25, 0.3) is 5.91 Å². The van der Waals surface area contributed by atoms with E-state index in [0.29, 0.717) is 36.8 Å². The smallest absolute Gasteiger partial charge is 0.251 e. The van der Waals surface area contributed by atoms with Gasteiger partial charge in [-0.2, -0.15) is 0 Å². The molecule has 2 heterocycles. The van der Waals surface area contributed by atoms with Crippen LogP contribution in [-0.4, -0.2) is 38.1 Å². The standard InChI is InChI=1S/C24H27ClN2O3/c25-20-8-6-19(7-9-20)24(12-15-30-16-13-24)17-26-23(29)18-4-10-21(11-5-18)27-14-2-1-3-22(27)28/h4-11H,1-3,12-17H2,(H,26,29). The molecule has 158 valence electrons. The molecule has 0 spiro atoms. The first-order chi connectivity index (χ1) is 14.6. The summed E-state index contributed by atoms with van der Waals surface area (Å²) in [6.07, 6.45) is 4.27. The third-order valence-corrected chi connectivity index (χ3v) is 6.51. The minimum Gasteiger partial charge on any atom is -0.381 e. The number of halogens is 1. The molecule has 6 heteroatoms. The van der Waals surface area contributed by atoms with Crippen molar-refractivity contribution in [1.29, 1.82) is 0 Å². The van der Waals surface area contributed by atoms with Crippen molar-refractivity contribution in [2.75, 3.05) is 31.2 Å². The highest BCUT2D eigenvalue weighted by molar-refractivity contribution is 6.30. The number of piperidine rings is 1. The van der Waals surface area contributed by atoms with E-state index in [1.807, 2.05) is 41.3 Å². The van der Waals surface area contributed by atoms with Crippen LogP contribution in [0, 0.1) is 0 Å². The van der Waals surface area contributed by atoms with Crippen LogP contribution in [0.1, 0.15) is 48.0 Å². The topological polar surface area (TPSA) is 58.6 Å². The number of amides is 2. The fourth-order valence-electron chi connectivity index (χ4n) is 4.36. The predicted molar refractivity (Wildman–Crippen MR) is 118 cm³/mol. The highest BCUT2D eigenvalue weighted by Crippen LogP contribution is 2.35. The minimum atomic E-state index is -0.154. The van der Waals surface area contributed by atoms with Crippen LogP contribution in [0.5, 0.6) is 0 Å². The normalized spacial score (nSPS) is 18.8. The molecule has 0 aliphatic carbocycles. The maximum Gasteiger partial charge on any atom is 0.251 e. The van der Waals surface area contributed by atoms with E-state index < -0.39 is 0 Å². The van der Waals surface area contributed by atoms with Gasteiger partial charge in [0.2, 0.25) is 5.91 Å². The number of hydrogen-bond acceptors (Lipinski definition) is 3. The molecule has 30 heavy (non-hydrogen) atoms. The molecule has 2 aromatic carbocycles. The minimum absolute atomic E-state index is 0.105. The molecule has 5 nitrogen and oxygen atoms in total. The van der Waals surface area contributed by atoms with Crippen LogP contribution in [0.4, 0.5) is 5.69 Å². The van der Waals surface area contributed by atoms with Gasteiger partial charge in [0.05, 0.1) is 0 Å². The Bertz CT molecular complexity index is 890. The Kier molecular flexibility index (Phi) is 6.40. The average Bonchev–Trinajstić information content (AvgIpc) is 2.79. The van der Waals surface area contributed by atoms with Crippen LogP contribution in [0.15, 0.2) is 48.5 Å². The molecular formula is C24H27ClN2O3. The second-order valence-electron chi connectivity index (χ2n) is 8.13. The van der Waals surface area contributed by atoms with Gasteiger partial charge in [-0.05, 0) is 67.6 Å². The van der Waals surface area contributed by atoms with Crippen molar-refractivity contribution in [2.24, 2.45) is 0 Å². The second-order valence-corrected chi connectivity index (χ2v) is 8.57. The molecule has 2 aromatic rings. The van der Waals surface area contributed by atoms with Gasteiger partial charge in [-0.3, -0.25) is 9.59 Å². The number of carbonyl (C=O) groups is 2. The van der Waals surface area contributed by atoms with Crippen molar-refractivity contribution in [3.63, 3.8) is 0 Å². The number of rotatable bonds is 5. The van der Waals surface area contributed by atoms with E-state index in [4.69, 9.17) is 16.3 Å². The highest BCUT2D eigenvalue weighted by Gasteiger charge is 2.35. The molecule has 0 bridgehead atoms. The zero-order chi connectivity index (χ0) is 21.0. The number of anilines is 1. The van der Waals surface area contributed by atoms with Crippen LogP contribution in [-0.2, 0) is 14.9 Å². The molecule has 1 N–H and O–H groups in total. The molecule has 2 aliphatic heterocycles. The van der Waals surface area contributed by atoms with E-state index in [9.17, 15) is 9.59 Å². The van der Waals surface area contributed by atoms with E-state index in [0.717, 1.165) is 37.9 Å². The Balaban J connectivity index is 1.44. The lowest BCUT2D eigenvalue weighted by Gasteiger charge is -2.38. The van der Waals surface area contributed by atoms with E-state index in [1.165, 1.54) is 5.56 Å². The number of carbonyl (C=O) groups excluding carboxylic acids is 2. The highest BCUT2D eigenvalue weighted by atomic mass is 35.5. The van der Waals surface area contributed by atoms with Crippen molar-refractivity contribution in [1.82, 2.24) is 5.32 Å². The zero-order valence-electron chi connectivity index (χ0n) is 17.0. The Morgan fingerprint density at radius 3 is 2.40 bits per heavy atom. The Morgan fingerprint density at radius 1 is 1.03 bits per heavy atom. The number of nitrogens with zero attached hydrogens (tertiary/aromatic N) is 1. The predicted octanol–water partition coefficient (Wildman–Crippen LogP) is 4.34. The summed E-state index contributed by atoms with van der Waals surface area (Å²) >= 11 is 6.06. The van der Waals surface area contributed by atoms with Gasteiger partial charge in [-0.1, -0.05) is 23.7 Å². The Hall–Kier alpha value is -2.37. The fourth-order valence-corrected chi connectivity index (χ4v) is 4.48. The van der Waals surface area contributed by atoms with Crippen LogP contribution in [0.25, 0.3) is 0 Å². The van der Waals surface area contributed by atoms with Crippen LogP contribution < -0.4 is 10.2 Å². The van der Waals surface area contributed by atoms with E-state index in [1.54, 1.807) is 12.1 Å². The van der Waals surface area contributed by atoms with Crippen molar-refractivity contribution in [3.8, 4) is 0 Å². The van der Waals surface area contributed by atoms with Crippen molar-refractivity contribution in [2.45, 2.75) is 37.5 Å². The summed E-state index contributed by atoms with van der Waals surface area (Å²) in [4.78, 5) is 26.7. The molecule has 2 saturated heterocycles. The molecule has 0 aromatic heterocycles. The molecule has 0 saturated carbocycles. The van der Waals surface area contributed by atoms with E-state index >= 15 is 0 Å². The first kappa shape index (κ1) is 20.9. The molecule has 2 amide bonds. The van der Waals surface area contributed by atoms with Gasteiger partial charge in [0, 0.05) is 54.4 Å². The largest absolute Gasteiger partial charge is 0.381 e. The first-order valence-electron chi connectivity index (χ1n) is 10.6. The van der Waals surface area contributed by atoms with E-state index in [-0.39, 0.29) is 17.2 Å². The third kappa shape index (κ3) is 4.52. The monoisotopic (exact) mass is 426 g/mol. The van der Waals surface area contributed by atoms with Crippen molar-refractivity contribution >= 4 is 29.1 Å². The van der Waals surface area contributed by atoms with Crippen LogP contribution in [0.3, 0.4) is 0 Å². The second kappa shape index (κ2) is 9.19. The van der Waals surface area contributed by atoms with Gasteiger partial charge in [0.1, 0.15) is 0 Å². The van der Waals surface area contributed by atoms with Crippen molar-refractivity contribution in [3.05, 3.63) is 64.7 Å². The lowest BCUT2D eigenvalue weighted by molar-refractivity contribution is -0.119. The number of nitrogens with one attached hydrogen (secondary N) is 1. The Labute approximate surface area is 182 Å². The quantitative estimate of drug-likeness (QED) is 0.773. The summed E-state index contributed by atoms with van der Waals surface area (Å²) < 4.78 is 5.57. The van der Waals surface area contributed by atoms with Gasteiger partial charge in [0.15, 0.2) is 0 Å². The van der Waals surface area contributed by atoms with E-state index in [2.05, 4.69) is 5.32 Å². The summed E-state index contributed by atoms with van der Waals surface area (Å²) in [6.45, 7) is 2.65. The number of hydrogen-bond donors (Lipinski definition) is 1. The van der Waals surface area contributed by atoms with Gasteiger partial charge >= 0.3 is 0 Å². The molecule has 2 aliphatic rings. The van der Waals surface area contributed by atoms with Gasteiger partial charge in [-0.15, -0.1) is 0 Å². The third-order valence-electron chi connectivity index (χ3n) is 6.26. The van der Waals surface area contributed by atoms with Gasteiger partial charge in [-0.25, -0.2) is 0 Å². The summed E-state index contributed by atoms with van der Waals surface area (Å²) in [7, 11) is 0. The summed E-state index contributed by atoms with van der Waals surface area (Å²) in [6, 6.07) is 15.2. The van der Waals surface area contributed by atoms with Crippen molar-refractivity contribution < 1.29 is 14.3 Å². The SMILES string of the molecule is O=C(NCC1(c2ccc(Cl)cc2)CCOCC1)c1ccc(N2CCCCC2=O)cc1. The summed E-state index contributed by atoms with van der Waals surface area (Å²) in [5, 5.41) is 3.83. The molecule has 0 radical (unpaired) electrons. The van der Waals surface area contributed by atoms with Crippen LogP contribution in [0.2, 0.25) is 5.02 Å². The maximum absolute atomic E-state index is 12.8. The number of benzene rings is 2.